The van der Waals surface area contributed by atoms with Crippen LogP contribution in [0.25, 0.3) is 0 Å². The number of rotatable bonds is 10. The van der Waals surface area contributed by atoms with Crippen LogP contribution in [-0.2, 0) is 13.0 Å². The number of aryl methyl sites for hydroxylation is 2. The lowest BCUT2D eigenvalue weighted by atomic mass is 10.1. The molecule has 2 heterocycles. The highest BCUT2D eigenvalue weighted by Gasteiger charge is 2.28. The van der Waals surface area contributed by atoms with E-state index in [4.69, 9.17) is 9.47 Å². The SMILES string of the molecule is CCC[C@H](c1nnnn1CCc1ccc(OC)c(OC)c1)N1CCN(c2ccccc2)CC1. The van der Waals surface area contributed by atoms with Crippen molar-refractivity contribution in [2.24, 2.45) is 0 Å². The zero-order valence-corrected chi connectivity index (χ0v) is 19.9. The first kappa shape index (κ1) is 23.0. The highest BCUT2D eigenvalue weighted by Crippen LogP contribution is 2.29. The van der Waals surface area contributed by atoms with Gasteiger partial charge in [0.15, 0.2) is 17.3 Å². The number of hydrogen-bond donors (Lipinski definition) is 0. The predicted octanol–water partition coefficient (Wildman–Crippen LogP) is 3.60. The van der Waals surface area contributed by atoms with Crippen molar-refractivity contribution in [2.45, 2.75) is 38.8 Å². The van der Waals surface area contributed by atoms with E-state index in [-0.39, 0.29) is 6.04 Å². The Morgan fingerprint density at radius 2 is 1.70 bits per heavy atom. The van der Waals surface area contributed by atoms with E-state index in [9.17, 15) is 0 Å². The molecule has 0 spiro atoms. The minimum atomic E-state index is 0.230. The van der Waals surface area contributed by atoms with Crippen molar-refractivity contribution < 1.29 is 9.47 Å². The molecule has 0 aliphatic carbocycles. The molecular weight excluding hydrogens is 416 g/mol. The lowest BCUT2D eigenvalue weighted by Crippen LogP contribution is -2.48. The number of piperazine rings is 1. The van der Waals surface area contributed by atoms with Crippen molar-refractivity contribution >= 4 is 5.69 Å². The van der Waals surface area contributed by atoms with Gasteiger partial charge in [0.1, 0.15) is 0 Å². The summed E-state index contributed by atoms with van der Waals surface area (Å²) in [5, 5.41) is 12.8. The number of hydrogen-bond acceptors (Lipinski definition) is 7. The fraction of sp³-hybridized carbons (Fsp3) is 0.480. The van der Waals surface area contributed by atoms with Gasteiger partial charge in [-0.1, -0.05) is 37.6 Å². The molecule has 0 saturated carbocycles. The van der Waals surface area contributed by atoms with Crippen LogP contribution in [0.3, 0.4) is 0 Å². The van der Waals surface area contributed by atoms with Crippen molar-refractivity contribution in [2.75, 3.05) is 45.3 Å². The molecule has 8 nitrogen and oxygen atoms in total. The van der Waals surface area contributed by atoms with E-state index in [2.05, 4.69) is 68.6 Å². The molecule has 2 aromatic carbocycles. The Balaban J connectivity index is 1.43. The smallest absolute Gasteiger partial charge is 0.168 e. The van der Waals surface area contributed by atoms with Gasteiger partial charge in [0, 0.05) is 38.4 Å². The Bertz CT molecular complexity index is 1000. The Morgan fingerprint density at radius 3 is 2.39 bits per heavy atom. The largest absolute Gasteiger partial charge is 0.493 e. The lowest BCUT2D eigenvalue weighted by molar-refractivity contribution is 0.164. The monoisotopic (exact) mass is 450 g/mol. The average Bonchev–Trinajstić information content (AvgIpc) is 3.34. The number of ether oxygens (including phenoxy) is 2. The molecule has 0 N–H and O–H groups in total. The molecule has 4 rings (SSSR count). The van der Waals surface area contributed by atoms with Gasteiger partial charge in [0.25, 0.3) is 0 Å². The van der Waals surface area contributed by atoms with Gasteiger partial charge in [-0.05, 0) is 53.1 Å². The third-order valence-corrected chi connectivity index (χ3v) is 6.36. The Labute approximate surface area is 196 Å². The van der Waals surface area contributed by atoms with E-state index in [0.717, 1.165) is 74.9 Å². The first-order valence-corrected chi connectivity index (χ1v) is 11.7. The molecule has 0 unspecified atom stereocenters. The van der Waals surface area contributed by atoms with Gasteiger partial charge in [-0.2, -0.15) is 0 Å². The summed E-state index contributed by atoms with van der Waals surface area (Å²) < 4.78 is 12.8. The van der Waals surface area contributed by atoms with Crippen molar-refractivity contribution in [3.05, 3.63) is 59.9 Å². The van der Waals surface area contributed by atoms with E-state index in [1.165, 1.54) is 5.69 Å². The van der Waals surface area contributed by atoms with Crippen LogP contribution in [0.4, 0.5) is 5.69 Å². The normalized spacial score (nSPS) is 15.4. The first-order chi connectivity index (χ1) is 16.2. The summed E-state index contributed by atoms with van der Waals surface area (Å²) in [7, 11) is 3.31. The summed E-state index contributed by atoms with van der Waals surface area (Å²) in [6, 6.07) is 16.9. The van der Waals surface area contributed by atoms with E-state index in [0.29, 0.717) is 0 Å². The van der Waals surface area contributed by atoms with Crippen LogP contribution in [0, 0.1) is 0 Å². The van der Waals surface area contributed by atoms with E-state index in [1.807, 2.05) is 16.8 Å². The van der Waals surface area contributed by atoms with Gasteiger partial charge >= 0.3 is 0 Å². The average molecular weight is 451 g/mol. The molecule has 8 heteroatoms. The van der Waals surface area contributed by atoms with Crippen LogP contribution in [0.5, 0.6) is 11.5 Å². The number of para-hydroxylation sites is 1. The molecule has 1 fully saturated rings. The number of benzene rings is 2. The Morgan fingerprint density at radius 1 is 0.939 bits per heavy atom. The molecule has 176 valence electrons. The molecule has 0 radical (unpaired) electrons. The molecule has 1 atom stereocenters. The number of tetrazole rings is 1. The topological polar surface area (TPSA) is 68.5 Å². The predicted molar refractivity (Wildman–Crippen MR) is 129 cm³/mol. The van der Waals surface area contributed by atoms with Crippen LogP contribution >= 0.6 is 0 Å². The van der Waals surface area contributed by atoms with Crippen LogP contribution in [0.1, 0.15) is 37.2 Å². The highest BCUT2D eigenvalue weighted by atomic mass is 16.5. The van der Waals surface area contributed by atoms with Crippen LogP contribution in [0.15, 0.2) is 48.5 Å². The molecule has 0 bridgehead atoms. The minimum Gasteiger partial charge on any atom is -0.493 e. The molecule has 3 aromatic rings. The third kappa shape index (κ3) is 5.45. The van der Waals surface area contributed by atoms with Gasteiger partial charge in [0.05, 0.1) is 20.3 Å². The Kier molecular flexibility index (Phi) is 7.78. The summed E-state index contributed by atoms with van der Waals surface area (Å²) in [5.41, 5.74) is 2.46. The zero-order chi connectivity index (χ0) is 23.0. The minimum absolute atomic E-state index is 0.230. The molecule has 1 saturated heterocycles. The molecule has 1 aromatic heterocycles. The molecule has 0 amide bonds. The summed E-state index contributed by atoms with van der Waals surface area (Å²) in [5.74, 6) is 2.44. The number of aromatic nitrogens is 4. The van der Waals surface area contributed by atoms with E-state index < -0.39 is 0 Å². The molecule has 1 aliphatic heterocycles. The Hall–Kier alpha value is -3.13. The summed E-state index contributed by atoms with van der Waals surface area (Å²) >= 11 is 0. The molecule has 33 heavy (non-hydrogen) atoms. The van der Waals surface area contributed by atoms with E-state index in [1.54, 1.807) is 14.2 Å². The molecular formula is C25H34N6O2. The quantitative estimate of drug-likeness (QED) is 0.467. The zero-order valence-electron chi connectivity index (χ0n) is 19.9. The third-order valence-electron chi connectivity index (χ3n) is 6.36. The molecule has 1 aliphatic rings. The van der Waals surface area contributed by atoms with Crippen LogP contribution in [0.2, 0.25) is 0 Å². The highest BCUT2D eigenvalue weighted by molar-refractivity contribution is 5.46. The number of anilines is 1. The van der Waals surface area contributed by atoms with Gasteiger partial charge in [-0.3, -0.25) is 4.90 Å². The fourth-order valence-electron chi connectivity index (χ4n) is 4.56. The van der Waals surface area contributed by atoms with Gasteiger partial charge in [-0.15, -0.1) is 5.10 Å². The second-order valence-corrected chi connectivity index (χ2v) is 8.36. The van der Waals surface area contributed by atoms with Gasteiger partial charge < -0.3 is 14.4 Å². The standard InChI is InChI=1S/C25H34N6O2/c1-4-8-22(30-17-15-29(16-18-30)21-9-6-5-7-10-21)25-26-27-28-31(25)14-13-20-11-12-23(32-2)24(19-20)33-3/h5-7,9-12,19,22H,4,8,13-18H2,1-3H3/t22-/m1/s1. The van der Waals surface area contributed by atoms with Crippen LogP contribution in [-0.4, -0.2) is 65.5 Å². The maximum absolute atomic E-state index is 5.45. The lowest BCUT2D eigenvalue weighted by Gasteiger charge is -2.39. The van der Waals surface area contributed by atoms with Crippen LogP contribution < -0.4 is 14.4 Å². The summed E-state index contributed by atoms with van der Waals surface area (Å²) in [6.45, 7) is 6.98. The van der Waals surface area contributed by atoms with Crippen molar-refractivity contribution in [3.63, 3.8) is 0 Å². The van der Waals surface area contributed by atoms with Crippen molar-refractivity contribution in [1.82, 2.24) is 25.1 Å². The number of methoxy groups -OCH3 is 2. The van der Waals surface area contributed by atoms with Gasteiger partial charge in [0.2, 0.25) is 0 Å². The first-order valence-electron chi connectivity index (χ1n) is 11.7. The second-order valence-electron chi connectivity index (χ2n) is 8.36. The summed E-state index contributed by atoms with van der Waals surface area (Å²) in [4.78, 5) is 5.00. The second kappa shape index (κ2) is 11.1. The van der Waals surface area contributed by atoms with Crippen molar-refractivity contribution in [1.29, 1.82) is 0 Å². The maximum atomic E-state index is 5.45. The summed E-state index contributed by atoms with van der Waals surface area (Å²) in [6.07, 6.45) is 2.95. The number of nitrogens with zero attached hydrogens (tertiary/aromatic N) is 6. The maximum Gasteiger partial charge on any atom is 0.168 e. The van der Waals surface area contributed by atoms with E-state index >= 15 is 0 Å². The van der Waals surface area contributed by atoms with Crippen molar-refractivity contribution in [3.8, 4) is 11.5 Å². The van der Waals surface area contributed by atoms with Gasteiger partial charge in [-0.25, -0.2) is 4.68 Å². The fourth-order valence-corrected chi connectivity index (χ4v) is 4.56.